The summed E-state index contributed by atoms with van der Waals surface area (Å²) in [7, 11) is 0. The van der Waals surface area contributed by atoms with Crippen molar-refractivity contribution >= 4 is 15.9 Å². The van der Waals surface area contributed by atoms with Gasteiger partial charge in [-0.1, -0.05) is 28.1 Å². The fraction of sp³-hybridized carbons (Fsp3) is 0.143. The maximum atomic E-state index is 5.38. The minimum atomic E-state index is 0. The second-order valence-corrected chi connectivity index (χ2v) is 2.75. The van der Waals surface area contributed by atoms with Crippen LogP contribution >= 0.6 is 15.9 Å². The Hall–Kier alpha value is -0.0500. The van der Waals surface area contributed by atoms with E-state index in [1.54, 1.807) is 0 Å². The number of nitrogens with two attached hydrogens (primary N) is 1. The lowest BCUT2D eigenvalue weighted by Gasteiger charge is -1.93. The summed E-state index contributed by atoms with van der Waals surface area (Å²) in [4.78, 5) is 0. The van der Waals surface area contributed by atoms with Gasteiger partial charge in [-0.15, -0.1) is 0 Å². The van der Waals surface area contributed by atoms with Crippen molar-refractivity contribution in [2.75, 3.05) is 0 Å². The van der Waals surface area contributed by atoms with Crippen molar-refractivity contribution in [3.63, 3.8) is 0 Å². The van der Waals surface area contributed by atoms with Gasteiger partial charge in [0.2, 0.25) is 0 Å². The first kappa shape index (κ1) is 9.95. The Labute approximate surface area is 75.2 Å². The minimum Gasteiger partial charge on any atom is -1.00 e. The third-order valence-electron chi connectivity index (χ3n) is 1.15. The molecule has 2 N–H and O–H groups in total. The molecule has 0 spiro atoms. The smallest absolute Gasteiger partial charge is 0.0178 e. The minimum absolute atomic E-state index is 0. The molecule has 0 aromatic heterocycles. The van der Waals surface area contributed by atoms with Crippen molar-refractivity contribution < 1.29 is 12.4 Å². The summed E-state index contributed by atoms with van der Waals surface area (Å²) in [5, 5.41) is 0. The lowest BCUT2D eigenvalue weighted by molar-refractivity contribution is -0.00000180. The highest BCUT2D eigenvalue weighted by Crippen LogP contribution is 2.09. The molecule has 0 fully saturated rings. The SMILES string of the molecule is NCc1ccc(Br)cc1.[Cl-]. The zero-order valence-corrected chi connectivity index (χ0v) is 7.69. The molecule has 0 heterocycles. The van der Waals surface area contributed by atoms with E-state index in [1.165, 1.54) is 5.56 Å². The van der Waals surface area contributed by atoms with Crippen molar-refractivity contribution in [3.8, 4) is 0 Å². The van der Waals surface area contributed by atoms with Crippen molar-refractivity contribution in [1.82, 2.24) is 0 Å². The van der Waals surface area contributed by atoms with Gasteiger partial charge >= 0.3 is 0 Å². The van der Waals surface area contributed by atoms with Crippen LogP contribution in [0.5, 0.6) is 0 Å². The fourth-order valence-electron chi connectivity index (χ4n) is 0.620. The van der Waals surface area contributed by atoms with E-state index in [2.05, 4.69) is 15.9 Å². The molecule has 0 saturated carbocycles. The lowest BCUT2D eigenvalue weighted by atomic mass is 10.2. The standard InChI is InChI=1S/C7H8BrN.ClH/c8-7-3-1-6(5-9)2-4-7;/h1-4H,5,9H2;1H/p-1. The molecule has 1 rings (SSSR count). The second-order valence-electron chi connectivity index (χ2n) is 1.83. The van der Waals surface area contributed by atoms with Gasteiger partial charge in [-0.3, -0.25) is 0 Å². The Kier molecular flexibility index (Phi) is 4.69. The number of hydrogen-bond donors (Lipinski definition) is 1. The zero-order valence-electron chi connectivity index (χ0n) is 5.35. The number of rotatable bonds is 1. The van der Waals surface area contributed by atoms with E-state index in [0.717, 1.165) is 4.47 Å². The van der Waals surface area contributed by atoms with Crippen LogP contribution in [0.15, 0.2) is 28.7 Å². The second kappa shape index (κ2) is 4.72. The highest BCUT2D eigenvalue weighted by atomic mass is 79.9. The molecule has 0 bridgehead atoms. The predicted octanol–water partition coefficient (Wildman–Crippen LogP) is -1.09. The highest BCUT2D eigenvalue weighted by molar-refractivity contribution is 9.10. The Morgan fingerprint density at radius 3 is 2.10 bits per heavy atom. The van der Waals surface area contributed by atoms with E-state index >= 15 is 0 Å². The molecule has 0 aliphatic heterocycles. The Morgan fingerprint density at radius 1 is 1.20 bits per heavy atom. The van der Waals surface area contributed by atoms with Crippen LogP contribution in [-0.4, -0.2) is 0 Å². The Balaban J connectivity index is 0.000000810. The van der Waals surface area contributed by atoms with E-state index < -0.39 is 0 Å². The van der Waals surface area contributed by atoms with E-state index in [4.69, 9.17) is 5.73 Å². The average molecular weight is 222 g/mol. The molecule has 0 radical (unpaired) electrons. The van der Waals surface area contributed by atoms with Gasteiger partial charge < -0.3 is 18.1 Å². The molecule has 10 heavy (non-hydrogen) atoms. The van der Waals surface area contributed by atoms with Crippen LogP contribution in [0.4, 0.5) is 0 Å². The van der Waals surface area contributed by atoms with Crippen molar-refractivity contribution in [2.24, 2.45) is 5.73 Å². The lowest BCUT2D eigenvalue weighted by Crippen LogP contribution is -3.00. The molecule has 0 atom stereocenters. The summed E-state index contributed by atoms with van der Waals surface area (Å²) < 4.78 is 1.10. The molecule has 3 heteroatoms. The van der Waals surface area contributed by atoms with E-state index in [9.17, 15) is 0 Å². The van der Waals surface area contributed by atoms with E-state index in [1.807, 2.05) is 24.3 Å². The van der Waals surface area contributed by atoms with Gasteiger partial charge in [0.25, 0.3) is 0 Å². The molecule has 1 nitrogen and oxygen atoms in total. The summed E-state index contributed by atoms with van der Waals surface area (Å²) in [6.45, 7) is 0.618. The molecular weight excluding hydrogens is 213 g/mol. The molecule has 0 unspecified atom stereocenters. The van der Waals surface area contributed by atoms with Gasteiger partial charge in [0, 0.05) is 11.0 Å². The molecule has 0 saturated heterocycles. The summed E-state index contributed by atoms with van der Waals surface area (Å²) in [6.07, 6.45) is 0. The van der Waals surface area contributed by atoms with Gasteiger partial charge in [0.1, 0.15) is 0 Å². The van der Waals surface area contributed by atoms with Crippen molar-refractivity contribution in [1.29, 1.82) is 0 Å². The largest absolute Gasteiger partial charge is 1.00 e. The van der Waals surface area contributed by atoms with Crippen LogP contribution in [0.1, 0.15) is 5.56 Å². The molecule has 56 valence electrons. The molecule has 0 aliphatic carbocycles. The average Bonchev–Trinajstić information content (AvgIpc) is 1.90. The Bertz CT molecular complexity index is 185. The molecule has 0 amide bonds. The van der Waals surface area contributed by atoms with Gasteiger partial charge in [0.05, 0.1) is 0 Å². The summed E-state index contributed by atoms with van der Waals surface area (Å²) in [6, 6.07) is 7.98. The van der Waals surface area contributed by atoms with Gasteiger partial charge in [-0.25, -0.2) is 0 Å². The molecular formula is C7H8BrClN-. The van der Waals surface area contributed by atoms with Gasteiger partial charge in [0.15, 0.2) is 0 Å². The van der Waals surface area contributed by atoms with Gasteiger partial charge in [-0.05, 0) is 17.7 Å². The number of halogens is 2. The first-order valence-corrected chi connectivity index (χ1v) is 3.57. The van der Waals surface area contributed by atoms with Crippen LogP contribution in [-0.2, 0) is 6.54 Å². The monoisotopic (exact) mass is 220 g/mol. The third kappa shape index (κ3) is 2.69. The quantitative estimate of drug-likeness (QED) is 0.641. The van der Waals surface area contributed by atoms with Crippen LogP contribution in [0.3, 0.4) is 0 Å². The number of hydrogen-bond acceptors (Lipinski definition) is 1. The van der Waals surface area contributed by atoms with Crippen LogP contribution in [0.25, 0.3) is 0 Å². The molecule has 1 aromatic rings. The normalized spacial score (nSPS) is 8.60. The summed E-state index contributed by atoms with van der Waals surface area (Å²) >= 11 is 3.33. The molecule has 0 aliphatic rings. The highest BCUT2D eigenvalue weighted by Gasteiger charge is 1.86. The Morgan fingerprint density at radius 2 is 1.70 bits per heavy atom. The number of benzene rings is 1. The summed E-state index contributed by atoms with van der Waals surface area (Å²) in [5.74, 6) is 0. The third-order valence-corrected chi connectivity index (χ3v) is 1.68. The maximum Gasteiger partial charge on any atom is 0.0178 e. The topological polar surface area (TPSA) is 26.0 Å². The van der Waals surface area contributed by atoms with Crippen LogP contribution in [0, 0.1) is 0 Å². The maximum absolute atomic E-state index is 5.38. The van der Waals surface area contributed by atoms with E-state index in [0.29, 0.717) is 6.54 Å². The van der Waals surface area contributed by atoms with Crippen LogP contribution < -0.4 is 18.1 Å². The van der Waals surface area contributed by atoms with Crippen LogP contribution in [0.2, 0.25) is 0 Å². The van der Waals surface area contributed by atoms with Gasteiger partial charge in [-0.2, -0.15) is 0 Å². The first-order chi connectivity index (χ1) is 4.33. The van der Waals surface area contributed by atoms with Crippen molar-refractivity contribution in [3.05, 3.63) is 34.3 Å². The summed E-state index contributed by atoms with van der Waals surface area (Å²) in [5.41, 5.74) is 6.55. The first-order valence-electron chi connectivity index (χ1n) is 2.77. The zero-order chi connectivity index (χ0) is 6.69. The van der Waals surface area contributed by atoms with Crippen molar-refractivity contribution in [2.45, 2.75) is 6.54 Å². The predicted molar refractivity (Wildman–Crippen MR) is 42.0 cm³/mol. The molecule has 1 aromatic carbocycles. The van der Waals surface area contributed by atoms with E-state index in [-0.39, 0.29) is 12.4 Å². The fourth-order valence-corrected chi connectivity index (χ4v) is 0.885.